The fourth-order valence-electron chi connectivity index (χ4n) is 1.16. The van der Waals surface area contributed by atoms with E-state index in [1.165, 1.54) is 0 Å². The summed E-state index contributed by atoms with van der Waals surface area (Å²) >= 11 is 0. The summed E-state index contributed by atoms with van der Waals surface area (Å²) in [5, 5.41) is 11.1. The van der Waals surface area contributed by atoms with Gasteiger partial charge >= 0.3 is 0 Å². The maximum atomic E-state index is 3.98. The SMILES string of the molecule is Cc1cnnc(NCCCN(C)C)c1. The van der Waals surface area contributed by atoms with Crippen molar-refractivity contribution in [1.82, 2.24) is 15.1 Å². The zero-order valence-electron chi connectivity index (χ0n) is 9.12. The fraction of sp³-hybridized carbons (Fsp3) is 0.600. The average molecular weight is 194 g/mol. The number of hydrogen-bond acceptors (Lipinski definition) is 4. The second-order valence-electron chi connectivity index (χ2n) is 3.70. The lowest BCUT2D eigenvalue weighted by atomic mass is 10.3. The van der Waals surface area contributed by atoms with Crippen LogP contribution in [-0.2, 0) is 0 Å². The molecule has 14 heavy (non-hydrogen) atoms. The van der Waals surface area contributed by atoms with E-state index in [0.717, 1.165) is 30.9 Å². The molecule has 0 amide bonds. The number of hydrogen-bond donors (Lipinski definition) is 1. The van der Waals surface area contributed by atoms with Crippen LogP contribution in [0, 0.1) is 6.92 Å². The lowest BCUT2D eigenvalue weighted by molar-refractivity contribution is 0.405. The lowest BCUT2D eigenvalue weighted by Gasteiger charge is -2.09. The Bertz CT molecular complexity index is 273. The van der Waals surface area contributed by atoms with Crippen molar-refractivity contribution >= 4 is 5.82 Å². The molecule has 1 N–H and O–H groups in total. The van der Waals surface area contributed by atoms with Gasteiger partial charge in [0.1, 0.15) is 5.82 Å². The summed E-state index contributed by atoms with van der Waals surface area (Å²) in [5.74, 6) is 0.865. The number of aromatic nitrogens is 2. The number of anilines is 1. The molecular formula is C10H18N4. The summed E-state index contributed by atoms with van der Waals surface area (Å²) < 4.78 is 0. The molecule has 1 aromatic rings. The molecule has 0 fully saturated rings. The Hall–Kier alpha value is -1.16. The number of rotatable bonds is 5. The third kappa shape index (κ3) is 4.18. The van der Waals surface area contributed by atoms with Gasteiger partial charge in [-0.2, -0.15) is 5.10 Å². The van der Waals surface area contributed by atoms with E-state index in [2.05, 4.69) is 34.5 Å². The van der Waals surface area contributed by atoms with Crippen molar-refractivity contribution in [3.63, 3.8) is 0 Å². The average Bonchev–Trinajstić information content (AvgIpc) is 2.12. The Morgan fingerprint density at radius 2 is 2.21 bits per heavy atom. The van der Waals surface area contributed by atoms with Crippen molar-refractivity contribution in [1.29, 1.82) is 0 Å². The minimum absolute atomic E-state index is 0.865. The van der Waals surface area contributed by atoms with Crippen molar-refractivity contribution in [2.45, 2.75) is 13.3 Å². The molecule has 0 aliphatic carbocycles. The van der Waals surface area contributed by atoms with E-state index in [-0.39, 0.29) is 0 Å². The van der Waals surface area contributed by atoms with E-state index in [4.69, 9.17) is 0 Å². The molecule has 4 nitrogen and oxygen atoms in total. The van der Waals surface area contributed by atoms with Crippen LogP contribution in [0.4, 0.5) is 5.82 Å². The predicted octanol–water partition coefficient (Wildman–Crippen LogP) is 1.15. The van der Waals surface area contributed by atoms with Gasteiger partial charge < -0.3 is 10.2 Å². The molecule has 1 heterocycles. The standard InChI is InChI=1S/C10H18N4/c1-9-7-10(13-12-8-9)11-5-4-6-14(2)3/h7-8H,4-6H2,1-3H3,(H,11,13). The topological polar surface area (TPSA) is 41.1 Å². The molecule has 0 saturated heterocycles. The first-order valence-corrected chi connectivity index (χ1v) is 4.86. The van der Waals surface area contributed by atoms with E-state index < -0.39 is 0 Å². The molecule has 0 radical (unpaired) electrons. The zero-order chi connectivity index (χ0) is 10.4. The van der Waals surface area contributed by atoms with Crippen LogP contribution in [0.5, 0.6) is 0 Å². The van der Waals surface area contributed by atoms with Gasteiger partial charge in [-0.25, -0.2) is 0 Å². The Morgan fingerprint density at radius 3 is 2.86 bits per heavy atom. The monoisotopic (exact) mass is 194 g/mol. The third-order valence-corrected chi connectivity index (χ3v) is 1.88. The van der Waals surface area contributed by atoms with Gasteiger partial charge in [-0.15, -0.1) is 5.10 Å². The maximum absolute atomic E-state index is 3.98. The molecule has 1 aromatic heterocycles. The Kier molecular flexibility index (Phi) is 4.32. The van der Waals surface area contributed by atoms with Crippen LogP contribution in [-0.4, -0.2) is 42.3 Å². The van der Waals surface area contributed by atoms with Crippen molar-refractivity contribution in [2.24, 2.45) is 0 Å². The molecule has 78 valence electrons. The van der Waals surface area contributed by atoms with Crippen LogP contribution in [0.25, 0.3) is 0 Å². The van der Waals surface area contributed by atoms with Crippen LogP contribution in [0.1, 0.15) is 12.0 Å². The highest BCUT2D eigenvalue weighted by Crippen LogP contribution is 2.02. The van der Waals surface area contributed by atoms with Crippen molar-refractivity contribution in [3.05, 3.63) is 17.8 Å². The summed E-state index contributed by atoms with van der Waals surface area (Å²) in [7, 11) is 4.15. The summed E-state index contributed by atoms with van der Waals surface area (Å²) in [6.07, 6.45) is 2.87. The van der Waals surface area contributed by atoms with Crippen LogP contribution in [0.3, 0.4) is 0 Å². The Labute approximate surface area is 85.3 Å². The largest absolute Gasteiger partial charge is 0.369 e. The van der Waals surface area contributed by atoms with Gasteiger partial charge in [-0.3, -0.25) is 0 Å². The van der Waals surface area contributed by atoms with Gasteiger partial charge in [0.2, 0.25) is 0 Å². The molecule has 0 aliphatic heterocycles. The van der Waals surface area contributed by atoms with Crippen LogP contribution < -0.4 is 5.32 Å². The second kappa shape index (κ2) is 5.54. The molecule has 0 unspecified atom stereocenters. The number of nitrogens with one attached hydrogen (secondary N) is 1. The van der Waals surface area contributed by atoms with Crippen LogP contribution in [0.2, 0.25) is 0 Å². The highest BCUT2D eigenvalue weighted by molar-refractivity contribution is 5.34. The highest BCUT2D eigenvalue weighted by Gasteiger charge is 1.94. The normalized spacial score (nSPS) is 10.6. The smallest absolute Gasteiger partial charge is 0.148 e. The molecule has 0 aromatic carbocycles. The molecule has 0 aliphatic rings. The van der Waals surface area contributed by atoms with Gasteiger partial charge in [-0.05, 0) is 45.6 Å². The minimum Gasteiger partial charge on any atom is -0.369 e. The molecule has 0 saturated carbocycles. The second-order valence-corrected chi connectivity index (χ2v) is 3.70. The maximum Gasteiger partial charge on any atom is 0.148 e. The quantitative estimate of drug-likeness (QED) is 0.714. The van der Waals surface area contributed by atoms with Gasteiger partial charge in [0.05, 0.1) is 6.20 Å². The van der Waals surface area contributed by atoms with Crippen molar-refractivity contribution < 1.29 is 0 Å². The fourth-order valence-corrected chi connectivity index (χ4v) is 1.16. The van der Waals surface area contributed by atoms with Crippen molar-refractivity contribution in [2.75, 3.05) is 32.5 Å². The summed E-state index contributed by atoms with van der Waals surface area (Å²) in [4.78, 5) is 2.17. The zero-order valence-corrected chi connectivity index (χ0v) is 9.12. The van der Waals surface area contributed by atoms with E-state index in [9.17, 15) is 0 Å². The summed E-state index contributed by atoms with van der Waals surface area (Å²) in [6, 6.07) is 2.00. The first-order chi connectivity index (χ1) is 6.68. The first-order valence-electron chi connectivity index (χ1n) is 4.86. The van der Waals surface area contributed by atoms with Gasteiger partial charge in [0.15, 0.2) is 0 Å². The molecule has 0 bridgehead atoms. The van der Waals surface area contributed by atoms with Crippen molar-refractivity contribution in [3.8, 4) is 0 Å². The van der Waals surface area contributed by atoms with Gasteiger partial charge in [0, 0.05) is 6.54 Å². The van der Waals surface area contributed by atoms with Crippen LogP contribution >= 0.6 is 0 Å². The lowest BCUT2D eigenvalue weighted by Crippen LogP contribution is -2.16. The van der Waals surface area contributed by atoms with E-state index in [1.54, 1.807) is 6.20 Å². The predicted molar refractivity (Wildman–Crippen MR) is 58.4 cm³/mol. The summed E-state index contributed by atoms with van der Waals surface area (Å²) in [6.45, 7) is 4.04. The van der Waals surface area contributed by atoms with Crippen LogP contribution in [0.15, 0.2) is 12.3 Å². The third-order valence-electron chi connectivity index (χ3n) is 1.88. The van der Waals surface area contributed by atoms with E-state index >= 15 is 0 Å². The van der Waals surface area contributed by atoms with Gasteiger partial charge in [-0.1, -0.05) is 0 Å². The Balaban J connectivity index is 2.25. The molecule has 4 heteroatoms. The molecule has 0 spiro atoms. The van der Waals surface area contributed by atoms with E-state index in [1.807, 2.05) is 13.0 Å². The minimum atomic E-state index is 0.865. The molecule has 1 rings (SSSR count). The number of aryl methyl sites for hydroxylation is 1. The van der Waals surface area contributed by atoms with Gasteiger partial charge in [0.25, 0.3) is 0 Å². The first kappa shape index (κ1) is 10.9. The Morgan fingerprint density at radius 1 is 1.43 bits per heavy atom. The number of nitrogens with zero attached hydrogens (tertiary/aromatic N) is 3. The summed E-state index contributed by atoms with van der Waals surface area (Å²) in [5.41, 5.74) is 1.13. The molecule has 0 atom stereocenters. The highest BCUT2D eigenvalue weighted by atomic mass is 15.2. The van der Waals surface area contributed by atoms with E-state index in [0.29, 0.717) is 0 Å². The molecular weight excluding hydrogens is 176 g/mol.